The van der Waals surface area contributed by atoms with Gasteiger partial charge in [0, 0.05) is 5.56 Å². The van der Waals surface area contributed by atoms with Crippen LogP contribution in [0.15, 0.2) is 4.79 Å². The number of hydrogen-bond donors (Lipinski definition) is 2. The number of H-pyrrole nitrogens is 1. The predicted octanol–water partition coefficient (Wildman–Crippen LogP) is 1.51. The van der Waals surface area contributed by atoms with Crippen LogP contribution in [0.25, 0.3) is 0 Å². The molecule has 0 bridgehead atoms. The van der Waals surface area contributed by atoms with Crippen molar-refractivity contribution in [3.63, 3.8) is 0 Å². The van der Waals surface area contributed by atoms with Crippen LogP contribution in [0, 0.1) is 6.92 Å². The molecule has 0 spiro atoms. The number of nitrogens with one attached hydrogen (secondary N) is 1. The van der Waals surface area contributed by atoms with E-state index in [1.54, 1.807) is 6.92 Å². The van der Waals surface area contributed by atoms with Gasteiger partial charge in [-0.2, -0.15) is 13.2 Å². The number of aromatic nitrogens is 2. The third-order valence-corrected chi connectivity index (χ3v) is 2.23. The molecule has 1 atom stereocenters. The average molecular weight is 235 g/mol. The van der Waals surface area contributed by atoms with Gasteiger partial charge in [-0.1, -0.05) is 6.92 Å². The summed E-state index contributed by atoms with van der Waals surface area (Å²) < 4.78 is 37.6. The lowest BCUT2D eigenvalue weighted by molar-refractivity contribution is -0.142. The standard InChI is InChI=1S/C9H12F3N3O/c1-3-5(13)7-14-6(9(10,11)12)4(2)8(16)15-7/h5H,3,13H2,1-2H3,(H,14,15,16). The van der Waals surface area contributed by atoms with E-state index in [0.717, 1.165) is 6.92 Å². The lowest BCUT2D eigenvalue weighted by Gasteiger charge is -2.13. The molecular weight excluding hydrogens is 223 g/mol. The summed E-state index contributed by atoms with van der Waals surface area (Å²) in [5, 5.41) is 0. The molecule has 0 aromatic carbocycles. The van der Waals surface area contributed by atoms with Crippen molar-refractivity contribution >= 4 is 0 Å². The SMILES string of the molecule is CCC(N)c1nc(C(F)(F)F)c(C)c(=O)[nH]1. The Morgan fingerprint density at radius 2 is 2.06 bits per heavy atom. The minimum Gasteiger partial charge on any atom is -0.321 e. The first-order chi connectivity index (χ1) is 7.27. The summed E-state index contributed by atoms with van der Waals surface area (Å²) in [7, 11) is 0. The van der Waals surface area contributed by atoms with Crippen LogP contribution in [0.1, 0.15) is 36.5 Å². The van der Waals surface area contributed by atoms with Gasteiger partial charge in [0.2, 0.25) is 0 Å². The molecule has 1 aromatic heterocycles. The van der Waals surface area contributed by atoms with Gasteiger partial charge in [-0.15, -0.1) is 0 Å². The Labute approximate surface area is 89.7 Å². The largest absolute Gasteiger partial charge is 0.433 e. The summed E-state index contributed by atoms with van der Waals surface area (Å²) in [6, 6.07) is -0.700. The molecule has 0 aliphatic rings. The first-order valence-corrected chi connectivity index (χ1v) is 4.71. The molecule has 90 valence electrons. The molecule has 0 fully saturated rings. The molecule has 0 saturated heterocycles. The topological polar surface area (TPSA) is 71.8 Å². The highest BCUT2D eigenvalue weighted by atomic mass is 19.4. The van der Waals surface area contributed by atoms with Crippen LogP contribution in [0.2, 0.25) is 0 Å². The zero-order valence-corrected chi connectivity index (χ0v) is 8.85. The van der Waals surface area contributed by atoms with Gasteiger partial charge in [0.05, 0.1) is 6.04 Å². The Morgan fingerprint density at radius 1 is 1.50 bits per heavy atom. The summed E-state index contributed by atoms with van der Waals surface area (Å²) in [6.07, 6.45) is -4.25. The number of alkyl halides is 3. The third kappa shape index (κ3) is 2.41. The van der Waals surface area contributed by atoms with Crippen LogP contribution in [-0.2, 0) is 6.18 Å². The van der Waals surface area contributed by atoms with Crippen LogP contribution >= 0.6 is 0 Å². The van der Waals surface area contributed by atoms with E-state index in [1.165, 1.54) is 0 Å². The Hall–Kier alpha value is -1.37. The van der Waals surface area contributed by atoms with Crippen molar-refractivity contribution in [3.8, 4) is 0 Å². The quantitative estimate of drug-likeness (QED) is 0.816. The first kappa shape index (κ1) is 12.7. The minimum atomic E-state index is -4.64. The molecule has 1 rings (SSSR count). The summed E-state index contributed by atoms with van der Waals surface area (Å²) in [5.74, 6) is -0.134. The predicted molar refractivity (Wildman–Crippen MR) is 51.8 cm³/mol. The number of halogens is 3. The molecule has 1 unspecified atom stereocenters. The van der Waals surface area contributed by atoms with Crippen molar-refractivity contribution in [1.82, 2.24) is 9.97 Å². The summed E-state index contributed by atoms with van der Waals surface area (Å²) in [6.45, 7) is 2.77. The minimum absolute atomic E-state index is 0.134. The molecule has 3 N–H and O–H groups in total. The van der Waals surface area contributed by atoms with Crippen LogP contribution in [-0.4, -0.2) is 9.97 Å². The van der Waals surface area contributed by atoms with Crippen molar-refractivity contribution in [2.24, 2.45) is 5.73 Å². The van der Waals surface area contributed by atoms with Crippen molar-refractivity contribution in [1.29, 1.82) is 0 Å². The van der Waals surface area contributed by atoms with Crippen LogP contribution in [0.3, 0.4) is 0 Å². The lowest BCUT2D eigenvalue weighted by atomic mass is 10.2. The smallest absolute Gasteiger partial charge is 0.321 e. The second-order valence-corrected chi connectivity index (χ2v) is 3.44. The Balaban J connectivity index is 3.40. The summed E-state index contributed by atoms with van der Waals surface area (Å²) in [4.78, 5) is 16.9. The van der Waals surface area contributed by atoms with E-state index in [9.17, 15) is 18.0 Å². The second-order valence-electron chi connectivity index (χ2n) is 3.44. The number of rotatable bonds is 2. The van der Waals surface area contributed by atoms with Crippen molar-refractivity contribution in [3.05, 3.63) is 27.4 Å². The van der Waals surface area contributed by atoms with Gasteiger partial charge in [0.15, 0.2) is 5.69 Å². The molecule has 16 heavy (non-hydrogen) atoms. The van der Waals surface area contributed by atoms with Crippen LogP contribution in [0.5, 0.6) is 0 Å². The highest BCUT2D eigenvalue weighted by Crippen LogP contribution is 2.29. The van der Waals surface area contributed by atoms with E-state index in [0.29, 0.717) is 6.42 Å². The molecule has 0 amide bonds. The monoisotopic (exact) mass is 235 g/mol. The van der Waals surface area contributed by atoms with E-state index < -0.39 is 29.0 Å². The van der Waals surface area contributed by atoms with E-state index in [1.807, 2.05) is 0 Å². The van der Waals surface area contributed by atoms with E-state index >= 15 is 0 Å². The maximum Gasteiger partial charge on any atom is 0.433 e. The lowest BCUT2D eigenvalue weighted by Crippen LogP contribution is -2.26. The van der Waals surface area contributed by atoms with Gasteiger partial charge >= 0.3 is 6.18 Å². The van der Waals surface area contributed by atoms with Gasteiger partial charge in [0.1, 0.15) is 5.82 Å². The van der Waals surface area contributed by atoms with Gasteiger partial charge in [-0.3, -0.25) is 4.79 Å². The maximum atomic E-state index is 12.5. The van der Waals surface area contributed by atoms with E-state index in [2.05, 4.69) is 9.97 Å². The van der Waals surface area contributed by atoms with Crippen molar-refractivity contribution < 1.29 is 13.2 Å². The fraction of sp³-hybridized carbons (Fsp3) is 0.556. The van der Waals surface area contributed by atoms with Gasteiger partial charge in [-0.25, -0.2) is 4.98 Å². The first-order valence-electron chi connectivity index (χ1n) is 4.71. The van der Waals surface area contributed by atoms with Gasteiger partial charge < -0.3 is 10.7 Å². The van der Waals surface area contributed by atoms with E-state index in [-0.39, 0.29) is 5.82 Å². The second kappa shape index (κ2) is 4.25. The molecular formula is C9H12F3N3O. The molecule has 1 aromatic rings. The number of nitrogens with two attached hydrogens (primary N) is 1. The zero-order valence-electron chi connectivity index (χ0n) is 8.85. The fourth-order valence-electron chi connectivity index (χ4n) is 1.19. The summed E-state index contributed by atoms with van der Waals surface area (Å²) >= 11 is 0. The van der Waals surface area contributed by atoms with Crippen LogP contribution in [0.4, 0.5) is 13.2 Å². The Kier molecular flexibility index (Phi) is 3.37. The molecule has 4 nitrogen and oxygen atoms in total. The number of aromatic amines is 1. The van der Waals surface area contributed by atoms with Crippen molar-refractivity contribution in [2.75, 3.05) is 0 Å². The molecule has 7 heteroatoms. The molecule has 0 radical (unpaired) electrons. The highest BCUT2D eigenvalue weighted by molar-refractivity contribution is 5.19. The molecule has 0 saturated carbocycles. The molecule has 0 aliphatic carbocycles. The van der Waals surface area contributed by atoms with Crippen LogP contribution < -0.4 is 11.3 Å². The number of hydrogen-bond acceptors (Lipinski definition) is 3. The third-order valence-electron chi connectivity index (χ3n) is 2.23. The highest BCUT2D eigenvalue weighted by Gasteiger charge is 2.36. The van der Waals surface area contributed by atoms with E-state index in [4.69, 9.17) is 5.73 Å². The summed E-state index contributed by atoms with van der Waals surface area (Å²) in [5.41, 5.74) is 3.10. The zero-order chi connectivity index (χ0) is 12.5. The average Bonchev–Trinajstić information content (AvgIpc) is 2.18. The Bertz CT molecular complexity index is 439. The fourth-order valence-corrected chi connectivity index (χ4v) is 1.19. The van der Waals surface area contributed by atoms with Gasteiger partial charge in [-0.05, 0) is 13.3 Å². The maximum absolute atomic E-state index is 12.5. The van der Waals surface area contributed by atoms with Crippen molar-refractivity contribution in [2.45, 2.75) is 32.5 Å². The van der Waals surface area contributed by atoms with Gasteiger partial charge in [0.25, 0.3) is 5.56 Å². The number of nitrogens with zero attached hydrogens (tertiary/aromatic N) is 1. The Morgan fingerprint density at radius 3 is 2.50 bits per heavy atom. The molecule has 0 aliphatic heterocycles. The molecule has 1 heterocycles. The normalized spacial score (nSPS) is 13.9.